The maximum atomic E-state index is 12.5. The first-order chi connectivity index (χ1) is 11.8. The largest absolute Gasteiger partial charge is 0.454 e. The van der Waals surface area contributed by atoms with Gasteiger partial charge in [0.15, 0.2) is 6.61 Å². The molecule has 2 rings (SSSR count). The molecule has 0 N–H and O–H groups in total. The molecule has 1 heterocycles. The van der Waals surface area contributed by atoms with Crippen LogP contribution in [-0.4, -0.2) is 29.1 Å². The highest BCUT2D eigenvalue weighted by molar-refractivity contribution is 7.99. The summed E-state index contributed by atoms with van der Waals surface area (Å²) in [6, 6.07) is 6.43. The summed E-state index contributed by atoms with van der Waals surface area (Å²) in [5.74, 6) is -3.91. The third-order valence-corrected chi connectivity index (χ3v) is 4.39. The van der Waals surface area contributed by atoms with Gasteiger partial charge in [0, 0.05) is 11.8 Å². The van der Waals surface area contributed by atoms with Gasteiger partial charge in [-0.3, -0.25) is 4.79 Å². The number of pyridine rings is 1. The first kappa shape index (κ1) is 19.1. The second kappa shape index (κ2) is 8.20. The fraction of sp³-hybridized carbons (Fsp3) is 0.278. The van der Waals surface area contributed by atoms with Crippen LogP contribution in [0.25, 0.3) is 0 Å². The van der Waals surface area contributed by atoms with E-state index in [1.54, 1.807) is 13.0 Å². The molecule has 4 nitrogen and oxygen atoms in total. The number of ketones is 1. The Morgan fingerprint density at radius 2 is 1.80 bits per heavy atom. The van der Waals surface area contributed by atoms with E-state index in [0.29, 0.717) is 5.56 Å². The first-order valence-corrected chi connectivity index (χ1v) is 8.35. The van der Waals surface area contributed by atoms with Crippen LogP contribution < -0.4 is 0 Å². The lowest BCUT2D eigenvalue weighted by molar-refractivity contribution is 0.0470. The van der Waals surface area contributed by atoms with E-state index >= 15 is 0 Å². The molecule has 25 heavy (non-hydrogen) atoms. The molecule has 0 saturated heterocycles. The van der Waals surface area contributed by atoms with E-state index in [2.05, 4.69) is 4.98 Å². The third kappa shape index (κ3) is 4.85. The summed E-state index contributed by atoms with van der Waals surface area (Å²) in [6.07, 6.45) is 1.31. The first-order valence-electron chi connectivity index (χ1n) is 7.47. The average Bonchev–Trinajstić information content (AvgIpc) is 2.55. The Morgan fingerprint density at radius 1 is 1.12 bits per heavy atom. The number of nitrogens with zero attached hydrogens (tertiary/aromatic N) is 1. The summed E-state index contributed by atoms with van der Waals surface area (Å²) in [7, 11) is 0. The van der Waals surface area contributed by atoms with Gasteiger partial charge in [0.2, 0.25) is 5.78 Å². The molecule has 7 heteroatoms. The van der Waals surface area contributed by atoms with Gasteiger partial charge in [-0.25, -0.2) is 9.78 Å². The zero-order chi connectivity index (χ0) is 18.6. The molecule has 2 aromatic rings. The van der Waals surface area contributed by atoms with Crippen molar-refractivity contribution in [2.24, 2.45) is 0 Å². The summed E-state index contributed by atoms with van der Waals surface area (Å²) in [6.45, 7) is 5.18. The van der Waals surface area contributed by atoms with Crippen molar-refractivity contribution in [1.82, 2.24) is 4.98 Å². The van der Waals surface area contributed by atoms with Crippen LogP contribution in [0, 0.1) is 20.8 Å². The molecule has 0 aliphatic rings. The molecule has 0 atom stereocenters. The highest BCUT2D eigenvalue weighted by Crippen LogP contribution is 2.26. The normalized spacial score (nSPS) is 10.8. The zero-order valence-electron chi connectivity index (χ0n) is 14.0. The van der Waals surface area contributed by atoms with Gasteiger partial charge in [-0.2, -0.15) is 8.78 Å². The quantitative estimate of drug-likeness (QED) is 0.432. The molecule has 0 aliphatic carbocycles. The van der Waals surface area contributed by atoms with E-state index in [1.165, 1.54) is 18.3 Å². The monoisotopic (exact) mass is 365 g/mol. The Kier molecular flexibility index (Phi) is 6.25. The van der Waals surface area contributed by atoms with E-state index in [0.717, 1.165) is 16.7 Å². The average molecular weight is 365 g/mol. The van der Waals surface area contributed by atoms with Crippen LogP contribution in [-0.2, 0) is 4.74 Å². The maximum Gasteiger partial charge on any atom is 0.341 e. The molecule has 0 bridgehead atoms. The summed E-state index contributed by atoms with van der Waals surface area (Å²) in [5.41, 5.74) is 3.21. The molecule has 0 amide bonds. The van der Waals surface area contributed by atoms with Gasteiger partial charge < -0.3 is 4.74 Å². The highest BCUT2D eigenvalue weighted by atomic mass is 32.2. The lowest BCUT2D eigenvalue weighted by Crippen LogP contribution is -2.16. The number of hydrogen-bond donors (Lipinski definition) is 0. The maximum absolute atomic E-state index is 12.5. The fourth-order valence-corrected chi connectivity index (χ4v) is 2.84. The molecule has 0 unspecified atom stereocenters. The standard InChI is InChI=1S/C18H17F2NO3S/c1-10-7-12(3)14(8-11(10)2)15(22)9-24-17(23)13-5-4-6-21-16(13)25-18(19)20/h4-8,18H,9H2,1-3H3. The number of thioether (sulfide) groups is 1. The molecule has 1 aromatic carbocycles. The number of rotatable bonds is 6. The number of carbonyl (C=O) groups excluding carboxylic acids is 2. The summed E-state index contributed by atoms with van der Waals surface area (Å²) < 4.78 is 30.1. The number of benzene rings is 1. The van der Waals surface area contributed by atoms with E-state index in [9.17, 15) is 18.4 Å². The van der Waals surface area contributed by atoms with Crippen LogP contribution in [0.4, 0.5) is 8.78 Å². The van der Waals surface area contributed by atoms with Gasteiger partial charge in [0.25, 0.3) is 5.76 Å². The van der Waals surface area contributed by atoms with Gasteiger partial charge in [0.05, 0.1) is 5.56 Å². The molecule has 132 valence electrons. The van der Waals surface area contributed by atoms with Gasteiger partial charge in [-0.1, -0.05) is 6.07 Å². The number of carbonyl (C=O) groups is 2. The molecule has 0 radical (unpaired) electrons. The van der Waals surface area contributed by atoms with Gasteiger partial charge >= 0.3 is 5.97 Å². The number of aryl methyl sites for hydroxylation is 3. The molecule has 0 aliphatic heterocycles. The Balaban J connectivity index is 2.10. The number of hydrogen-bond acceptors (Lipinski definition) is 5. The Labute approximate surface area is 148 Å². The van der Waals surface area contributed by atoms with Crippen LogP contribution in [0.15, 0.2) is 35.5 Å². The van der Waals surface area contributed by atoms with Crippen molar-refractivity contribution in [3.8, 4) is 0 Å². The fourth-order valence-electron chi connectivity index (χ4n) is 2.27. The summed E-state index contributed by atoms with van der Waals surface area (Å²) in [5, 5.41) is -0.127. The number of halogens is 2. The van der Waals surface area contributed by atoms with E-state index in [4.69, 9.17) is 4.74 Å². The topological polar surface area (TPSA) is 56.3 Å². The molecule has 0 saturated carbocycles. The van der Waals surface area contributed by atoms with Crippen LogP contribution in [0.1, 0.15) is 37.4 Å². The summed E-state index contributed by atoms with van der Waals surface area (Å²) in [4.78, 5) is 28.2. The molecular formula is C18H17F2NO3S. The highest BCUT2D eigenvalue weighted by Gasteiger charge is 2.19. The predicted molar refractivity (Wildman–Crippen MR) is 91.4 cm³/mol. The van der Waals surface area contributed by atoms with Crippen LogP contribution >= 0.6 is 11.8 Å². The van der Waals surface area contributed by atoms with Crippen LogP contribution in [0.5, 0.6) is 0 Å². The van der Waals surface area contributed by atoms with Crippen LogP contribution in [0.3, 0.4) is 0 Å². The molecule has 0 fully saturated rings. The minimum atomic E-state index is -2.71. The second-order valence-electron chi connectivity index (χ2n) is 5.49. The number of aromatic nitrogens is 1. The van der Waals surface area contributed by atoms with Crippen molar-refractivity contribution in [3.05, 3.63) is 58.3 Å². The Bertz CT molecular complexity index is 809. The van der Waals surface area contributed by atoms with Gasteiger partial charge in [-0.15, -0.1) is 0 Å². The zero-order valence-corrected chi connectivity index (χ0v) is 14.8. The van der Waals surface area contributed by atoms with E-state index < -0.39 is 18.3 Å². The van der Waals surface area contributed by atoms with Gasteiger partial charge in [0.1, 0.15) is 5.03 Å². The van der Waals surface area contributed by atoms with Gasteiger partial charge in [-0.05, 0) is 67.4 Å². The number of Topliss-reactive ketones (excluding diaryl/α,β-unsaturated/α-hetero) is 1. The van der Waals surface area contributed by atoms with E-state index in [1.807, 2.05) is 19.9 Å². The van der Waals surface area contributed by atoms with Crippen molar-refractivity contribution in [2.75, 3.05) is 6.61 Å². The number of esters is 1. The molecule has 0 spiro atoms. The molecular weight excluding hydrogens is 348 g/mol. The summed E-state index contributed by atoms with van der Waals surface area (Å²) >= 11 is 0.160. The minimum Gasteiger partial charge on any atom is -0.454 e. The SMILES string of the molecule is Cc1cc(C)c(C(=O)COC(=O)c2cccnc2SC(F)F)cc1C. The van der Waals surface area contributed by atoms with Crippen LogP contribution in [0.2, 0.25) is 0 Å². The Morgan fingerprint density at radius 3 is 2.48 bits per heavy atom. The third-order valence-electron chi connectivity index (χ3n) is 3.67. The number of ether oxygens (including phenoxy) is 1. The van der Waals surface area contributed by atoms with Crippen molar-refractivity contribution >= 4 is 23.5 Å². The molecule has 1 aromatic heterocycles. The number of alkyl halides is 2. The van der Waals surface area contributed by atoms with Crippen molar-refractivity contribution in [2.45, 2.75) is 31.6 Å². The smallest absolute Gasteiger partial charge is 0.341 e. The second-order valence-corrected chi connectivity index (χ2v) is 6.46. The predicted octanol–water partition coefficient (Wildman–Crippen LogP) is 4.36. The van der Waals surface area contributed by atoms with E-state index in [-0.39, 0.29) is 28.1 Å². The lowest BCUT2D eigenvalue weighted by atomic mass is 9.98. The lowest BCUT2D eigenvalue weighted by Gasteiger charge is -2.10. The minimum absolute atomic E-state index is 0.0857. The Hall–Kier alpha value is -2.28. The van der Waals surface area contributed by atoms with Crippen molar-refractivity contribution in [1.29, 1.82) is 0 Å². The van der Waals surface area contributed by atoms with Crippen molar-refractivity contribution < 1.29 is 23.1 Å². The van der Waals surface area contributed by atoms with Crippen molar-refractivity contribution in [3.63, 3.8) is 0 Å².